The molecule has 2 aromatic carbocycles. The highest BCUT2D eigenvalue weighted by Gasteiger charge is 2.23. The largest absolute Gasteiger partial charge is 0.326 e. The van der Waals surface area contributed by atoms with Crippen LogP contribution in [0.3, 0.4) is 0 Å². The van der Waals surface area contributed by atoms with Crippen molar-refractivity contribution in [3.05, 3.63) is 87.9 Å². The fraction of sp³-hybridized carbons (Fsp3) is 0.250. The van der Waals surface area contributed by atoms with Gasteiger partial charge in [0.2, 0.25) is 0 Å². The fourth-order valence-corrected chi connectivity index (χ4v) is 4.57. The minimum atomic E-state index is -0.0487. The zero-order valence-corrected chi connectivity index (χ0v) is 17.3. The molecule has 0 amide bonds. The van der Waals surface area contributed by atoms with Gasteiger partial charge in [-0.1, -0.05) is 41.9 Å². The number of halogens is 1. The quantitative estimate of drug-likeness (QED) is 0.513. The van der Waals surface area contributed by atoms with Crippen LogP contribution >= 0.6 is 11.6 Å². The van der Waals surface area contributed by atoms with E-state index in [0.29, 0.717) is 5.02 Å². The average Bonchev–Trinajstić information content (AvgIpc) is 3.10. The number of rotatable bonds is 4. The molecule has 6 heteroatoms. The average molecular weight is 419 g/mol. The lowest BCUT2D eigenvalue weighted by Crippen LogP contribution is -2.36. The lowest BCUT2D eigenvalue weighted by atomic mass is 10.0. The zero-order valence-electron chi connectivity index (χ0n) is 16.6. The van der Waals surface area contributed by atoms with Gasteiger partial charge in [-0.2, -0.15) is 0 Å². The maximum Gasteiger partial charge on any atom is 0.326 e. The molecule has 4 aromatic rings. The van der Waals surface area contributed by atoms with Crippen LogP contribution in [0.4, 0.5) is 0 Å². The topological polar surface area (TPSA) is 53.9 Å². The van der Waals surface area contributed by atoms with E-state index in [0.717, 1.165) is 54.8 Å². The number of aromatic amines is 1. The Kier molecular flexibility index (Phi) is 5.15. The fourth-order valence-electron chi connectivity index (χ4n) is 4.40. The second-order valence-corrected chi connectivity index (χ2v) is 8.32. The monoisotopic (exact) mass is 418 g/mol. The second-order valence-electron chi connectivity index (χ2n) is 7.88. The number of hydrogen-bond donors (Lipinski definition) is 1. The Balaban J connectivity index is 1.28. The molecule has 2 aromatic heterocycles. The molecule has 1 fully saturated rings. The minimum absolute atomic E-state index is 0.0487. The van der Waals surface area contributed by atoms with Crippen LogP contribution in [0.1, 0.15) is 24.4 Å². The van der Waals surface area contributed by atoms with Crippen LogP contribution in [0.2, 0.25) is 5.02 Å². The Morgan fingerprint density at radius 3 is 2.63 bits per heavy atom. The van der Waals surface area contributed by atoms with Crippen molar-refractivity contribution in [2.45, 2.75) is 25.4 Å². The van der Waals surface area contributed by atoms with E-state index in [1.54, 1.807) is 0 Å². The first-order valence-electron chi connectivity index (χ1n) is 10.3. The summed E-state index contributed by atoms with van der Waals surface area (Å²) >= 11 is 6.07. The molecule has 0 aliphatic carbocycles. The third-order valence-electron chi connectivity index (χ3n) is 5.90. The molecular formula is C24H23ClN4O. The third-order valence-corrected chi connectivity index (χ3v) is 6.14. The highest BCUT2D eigenvalue weighted by atomic mass is 35.5. The van der Waals surface area contributed by atoms with E-state index in [-0.39, 0.29) is 11.7 Å². The molecule has 3 heterocycles. The van der Waals surface area contributed by atoms with Crippen molar-refractivity contribution in [3.63, 3.8) is 0 Å². The van der Waals surface area contributed by atoms with Gasteiger partial charge in [-0.25, -0.2) is 4.79 Å². The Morgan fingerprint density at radius 2 is 1.83 bits per heavy atom. The second kappa shape index (κ2) is 8.09. The molecule has 0 unspecified atom stereocenters. The molecule has 1 aliphatic heterocycles. The van der Waals surface area contributed by atoms with Gasteiger partial charge >= 0.3 is 5.69 Å². The van der Waals surface area contributed by atoms with E-state index in [4.69, 9.17) is 11.6 Å². The van der Waals surface area contributed by atoms with E-state index in [2.05, 4.69) is 39.1 Å². The van der Waals surface area contributed by atoms with Crippen LogP contribution < -0.4 is 5.69 Å². The molecule has 0 spiro atoms. The molecule has 0 atom stereocenters. The first-order valence-corrected chi connectivity index (χ1v) is 10.7. The van der Waals surface area contributed by atoms with E-state index in [1.807, 2.05) is 47.2 Å². The summed E-state index contributed by atoms with van der Waals surface area (Å²) in [5.41, 5.74) is 5.10. The Hall–Kier alpha value is -2.89. The van der Waals surface area contributed by atoms with E-state index in [1.165, 1.54) is 5.56 Å². The van der Waals surface area contributed by atoms with Gasteiger partial charge in [-0.15, -0.1) is 0 Å². The summed E-state index contributed by atoms with van der Waals surface area (Å²) in [6, 6.07) is 20.3. The standard InChI is InChI=1S/C24H23ClN4O/c25-19-6-7-23-22(15-19)27-24(30)29(23)20-9-12-28(13-10-20)16-17-8-11-26-21(14-17)18-4-2-1-3-5-18/h1-8,11,14-15,20H,9-10,12-13,16H2,(H,27,30). The number of H-pyrrole nitrogens is 1. The molecule has 1 saturated heterocycles. The molecule has 1 aliphatic rings. The minimum Gasteiger partial charge on any atom is -0.305 e. The normalized spacial score (nSPS) is 15.6. The summed E-state index contributed by atoms with van der Waals surface area (Å²) in [5, 5.41) is 0.637. The molecule has 5 rings (SSSR count). The van der Waals surface area contributed by atoms with Crippen molar-refractivity contribution in [1.82, 2.24) is 19.4 Å². The van der Waals surface area contributed by atoms with Gasteiger partial charge in [0.05, 0.1) is 16.7 Å². The van der Waals surface area contributed by atoms with Gasteiger partial charge < -0.3 is 4.98 Å². The van der Waals surface area contributed by atoms with Crippen molar-refractivity contribution in [2.24, 2.45) is 0 Å². The van der Waals surface area contributed by atoms with Crippen molar-refractivity contribution >= 4 is 22.6 Å². The van der Waals surface area contributed by atoms with Crippen molar-refractivity contribution in [2.75, 3.05) is 13.1 Å². The van der Waals surface area contributed by atoms with Crippen LogP contribution in [-0.4, -0.2) is 32.5 Å². The lowest BCUT2D eigenvalue weighted by Gasteiger charge is -2.32. The number of likely N-dealkylation sites (tertiary alicyclic amines) is 1. The van der Waals surface area contributed by atoms with Crippen molar-refractivity contribution < 1.29 is 0 Å². The van der Waals surface area contributed by atoms with Crippen LogP contribution in [0.5, 0.6) is 0 Å². The summed E-state index contributed by atoms with van der Waals surface area (Å²) in [6.45, 7) is 2.81. The molecular weight excluding hydrogens is 396 g/mol. The third kappa shape index (κ3) is 3.78. The highest BCUT2D eigenvalue weighted by molar-refractivity contribution is 6.31. The molecule has 152 valence electrons. The smallest absolute Gasteiger partial charge is 0.305 e. The molecule has 30 heavy (non-hydrogen) atoms. The van der Waals surface area contributed by atoms with Crippen LogP contribution in [0.25, 0.3) is 22.3 Å². The zero-order chi connectivity index (χ0) is 20.5. The van der Waals surface area contributed by atoms with Crippen LogP contribution in [-0.2, 0) is 6.54 Å². The number of imidazole rings is 1. The SMILES string of the molecule is O=c1[nH]c2cc(Cl)ccc2n1C1CCN(Cc2ccnc(-c3ccccc3)c2)CC1. The molecule has 0 radical (unpaired) electrons. The van der Waals surface area contributed by atoms with Gasteiger partial charge in [0.25, 0.3) is 0 Å². The molecule has 0 saturated carbocycles. The Morgan fingerprint density at radius 1 is 1.03 bits per heavy atom. The summed E-state index contributed by atoms with van der Waals surface area (Å²) in [6.07, 6.45) is 3.79. The predicted molar refractivity (Wildman–Crippen MR) is 121 cm³/mol. The number of pyridine rings is 1. The Labute approximate surface area is 179 Å². The number of benzene rings is 2. The van der Waals surface area contributed by atoms with Gasteiger partial charge in [0.1, 0.15) is 0 Å². The van der Waals surface area contributed by atoms with E-state index in [9.17, 15) is 4.79 Å². The molecule has 1 N–H and O–H groups in total. The van der Waals surface area contributed by atoms with Gasteiger partial charge in [0.15, 0.2) is 0 Å². The van der Waals surface area contributed by atoms with Gasteiger partial charge in [-0.05, 0) is 48.7 Å². The van der Waals surface area contributed by atoms with Crippen molar-refractivity contribution in [1.29, 1.82) is 0 Å². The van der Waals surface area contributed by atoms with Crippen LogP contribution in [0.15, 0.2) is 71.7 Å². The Bertz CT molecular complexity index is 1220. The van der Waals surface area contributed by atoms with Crippen molar-refractivity contribution in [3.8, 4) is 11.3 Å². The summed E-state index contributed by atoms with van der Waals surface area (Å²) in [5.74, 6) is 0. The summed E-state index contributed by atoms with van der Waals surface area (Å²) in [4.78, 5) is 22.5. The molecule has 0 bridgehead atoms. The predicted octanol–water partition coefficient (Wildman–Crippen LogP) is 4.88. The number of piperidine rings is 1. The number of fused-ring (bicyclic) bond motifs is 1. The van der Waals surface area contributed by atoms with Gasteiger partial charge in [0, 0.05) is 42.5 Å². The number of hydrogen-bond acceptors (Lipinski definition) is 3. The van der Waals surface area contributed by atoms with Crippen LogP contribution in [0, 0.1) is 0 Å². The first kappa shape index (κ1) is 19.1. The van der Waals surface area contributed by atoms with E-state index < -0.39 is 0 Å². The summed E-state index contributed by atoms with van der Waals surface area (Å²) in [7, 11) is 0. The van der Waals surface area contributed by atoms with E-state index >= 15 is 0 Å². The number of nitrogens with zero attached hydrogens (tertiary/aromatic N) is 3. The maximum atomic E-state index is 12.5. The highest BCUT2D eigenvalue weighted by Crippen LogP contribution is 2.27. The lowest BCUT2D eigenvalue weighted by molar-refractivity contribution is 0.180. The number of nitrogens with one attached hydrogen (secondary N) is 1. The first-order chi connectivity index (χ1) is 14.7. The molecule has 5 nitrogen and oxygen atoms in total. The number of aromatic nitrogens is 3. The summed E-state index contributed by atoms with van der Waals surface area (Å²) < 4.78 is 1.91. The maximum absolute atomic E-state index is 12.5. The van der Waals surface area contributed by atoms with Gasteiger partial charge in [-0.3, -0.25) is 14.5 Å².